The number of para-hydroxylation sites is 2. The molecule has 0 aliphatic carbocycles. The fourth-order valence-electron chi connectivity index (χ4n) is 2.95. The van der Waals surface area contributed by atoms with Crippen molar-refractivity contribution >= 4 is 23.4 Å². The molecule has 0 aliphatic rings. The van der Waals surface area contributed by atoms with Gasteiger partial charge in [-0.15, -0.1) is 5.10 Å². The summed E-state index contributed by atoms with van der Waals surface area (Å²) in [5, 5.41) is 15.6. The van der Waals surface area contributed by atoms with E-state index in [0.29, 0.717) is 28.8 Å². The second-order valence-corrected chi connectivity index (χ2v) is 7.52. The van der Waals surface area contributed by atoms with Gasteiger partial charge >= 0.3 is 0 Å². The van der Waals surface area contributed by atoms with Gasteiger partial charge in [0.2, 0.25) is 5.16 Å². The van der Waals surface area contributed by atoms with E-state index in [1.165, 1.54) is 5.56 Å². The van der Waals surface area contributed by atoms with E-state index in [2.05, 4.69) is 33.0 Å². The summed E-state index contributed by atoms with van der Waals surface area (Å²) in [7, 11) is 0. The average molecular weight is 432 g/mol. The van der Waals surface area contributed by atoms with Crippen LogP contribution >= 0.6 is 11.8 Å². The van der Waals surface area contributed by atoms with E-state index < -0.39 is 0 Å². The molecule has 3 aromatic carbocycles. The number of nitrogens with one attached hydrogen (secondary N) is 1. The molecular formula is C23H21N5O2S. The zero-order valence-electron chi connectivity index (χ0n) is 16.9. The number of nitrogens with zero attached hydrogens (tertiary/aromatic N) is 4. The molecule has 4 aromatic rings. The molecule has 31 heavy (non-hydrogen) atoms. The minimum Gasteiger partial charge on any atom is -0.492 e. The highest BCUT2D eigenvalue weighted by Gasteiger charge is 2.12. The Morgan fingerprint density at radius 2 is 1.74 bits per heavy atom. The maximum Gasteiger partial charge on any atom is 0.255 e. The molecule has 8 heteroatoms. The fraction of sp³-hybridized carbons (Fsp3) is 0.130. The topological polar surface area (TPSA) is 81.9 Å². The zero-order valence-corrected chi connectivity index (χ0v) is 17.7. The number of carbonyl (C=O) groups is 1. The Balaban J connectivity index is 1.45. The number of hydrogen-bond donors (Lipinski definition) is 1. The Labute approximate surface area is 184 Å². The fourth-order valence-corrected chi connectivity index (χ4v) is 3.80. The molecule has 0 radical (unpaired) electrons. The number of anilines is 1. The minimum absolute atomic E-state index is 0.214. The van der Waals surface area contributed by atoms with Crippen molar-refractivity contribution < 1.29 is 9.53 Å². The molecule has 7 nitrogen and oxygen atoms in total. The molecule has 1 heterocycles. The number of benzene rings is 3. The highest BCUT2D eigenvalue weighted by atomic mass is 32.2. The molecule has 0 atom stereocenters. The standard InChI is InChI=1S/C23H21N5O2S/c1-2-30-21-11-7-6-10-20(21)24-22(29)18-12-14-19(15-13-18)28-23(25-26-27-28)31-16-17-8-4-3-5-9-17/h3-15H,2,16H2,1H3,(H,24,29). The van der Waals surface area contributed by atoms with Crippen LogP contribution in [-0.4, -0.2) is 32.7 Å². The van der Waals surface area contributed by atoms with Crippen molar-refractivity contribution in [2.75, 3.05) is 11.9 Å². The van der Waals surface area contributed by atoms with Gasteiger partial charge in [0.1, 0.15) is 5.75 Å². The molecule has 0 unspecified atom stereocenters. The molecule has 1 aromatic heterocycles. The van der Waals surface area contributed by atoms with Gasteiger partial charge in [0, 0.05) is 11.3 Å². The molecule has 0 aliphatic heterocycles. The van der Waals surface area contributed by atoms with Crippen LogP contribution in [0.3, 0.4) is 0 Å². The predicted octanol–water partition coefficient (Wildman–Crippen LogP) is 4.61. The maximum atomic E-state index is 12.7. The van der Waals surface area contributed by atoms with Gasteiger partial charge in [0.25, 0.3) is 5.91 Å². The van der Waals surface area contributed by atoms with Crippen LogP contribution in [-0.2, 0) is 5.75 Å². The van der Waals surface area contributed by atoms with E-state index in [1.807, 2.05) is 61.5 Å². The Morgan fingerprint density at radius 1 is 1.00 bits per heavy atom. The van der Waals surface area contributed by atoms with Gasteiger partial charge in [0.05, 0.1) is 18.0 Å². The highest BCUT2D eigenvalue weighted by molar-refractivity contribution is 7.98. The number of rotatable bonds is 8. The first kappa shape index (κ1) is 20.6. The predicted molar refractivity (Wildman–Crippen MR) is 121 cm³/mol. The average Bonchev–Trinajstić information content (AvgIpc) is 3.28. The largest absolute Gasteiger partial charge is 0.492 e. The molecule has 0 spiro atoms. The van der Waals surface area contributed by atoms with Gasteiger partial charge in [-0.3, -0.25) is 4.79 Å². The number of aromatic nitrogens is 4. The lowest BCUT2D eigenvalue weighted by Crippen LogP contribution is -2.13. The lowest BCUT2D eigenvalue weighted by molar-refractivity contribution is 0.102. The third-order valence-corrected chi connectivity index (χ3v) is 5.45. The van der Waals surface area contributed by atoms with Gasteiger partial charge in [-0.05, 0) is 59.3 Å². The van der Waals surface area contributed by atoms with Crippen LogP contribution in [0.15, 0.2) is 84.0 Å². The summed E-state index contributed by atoms with van der Waals surface area (Å²) < 4.78 is 7.23. The second-order valence-electron chi connectivity index (χ2n) is 6.58. The number of hydrogen-bond acceptors (Lipinski definition) is 6. The first-order valence-electron chi connectivity index (χ1n) is 9.83. The van der Waals surface area contributed by atoms with E-state index in [1.54, 1.807) is 28.6 Å². The molecule has 0 saturated heterocycles. The first-order chi connectivity index (χ1) is 15.2. The molecule has 4 rings (SSSR count). The quantitative estimate of drug-likeness (QED) is 0.411. The van der Waals surface area contributed by atoms with Crippen molar-refractivity contribution in [2.45, 2.75) is 17.8 Å². The summed E-state index contributed by atoms with van der Waals surface area (Å²) in [6, 6.07) is 24.7. The summed E-state index contributed by atoms with van der Waals surface area (Å²) in [4.78, 5) is 12.7. The van der Waals surface area contributed by atoms with E-state index in [0.717, 1.165) is 11.4 Å². The lowest BCUT2D eigenvalue weighted by Gasteiger charge is -2.11. The van der Waals surface area contributed by atoms with Crippen LogP contribution in [0, 0.1) is 0 Å². The molecule has 0 saturated carbocycles. The second kappa shape index (κ2) is 9.90. The van der Waals surface area contributed by atoms with Gasteiger partial charge in [-0.2, -0.15) is 4.68 Å². The van der Waals surface area contributed by atoms with Crippen LogP contribution < -0.4 is 10.1 Å². The molecule has 1 amide bonds. The maximum absolute atomic E-state index is 12.7. The van der Waals surface area contributed by atoms with E-state index in [4.69, 9.17) is 4.74 Å². The van der Waals surface area contributed by atoms with Crippen molar-refractivity contribution in [3.63, 3.8) is 0 Å². The summed E-state index contributed by atoms with van der Waals surface area (Å²) in [6.45, 7) is 2.43. The summed E-state index contributed by atoms with van der Waals surface area (Å²) in [6.07, 6.45) is 0. The van der Waals surface area contributed by atoms with Crippen molar-refractivity contribution in [1.29, 1.82) is 0 Å². The molecule has 0 fully saturated rings. The highest BCUT2D eigenvalue weighted by Crippen LogP contribution is 2.25. The van der Waals surface area contributed by atoms with Crippen molar-refractivity contribution in [2.24, 2.45) is 0 Å². The van der Waals surface area contributed by atoms with Crippen LogP contribution in [0.2, 0.25) is 0 Å². The number of amides is 1. The van der Waals surface area contributed by atoms with E-state index in [9.17, 15) is 4.79 Å². The normalized spacial score (nSPS) is 10.6. The Kier molecular flexibility index (Phi) is 6.59. The molecule has 0 bridgehead atoms. The van der Waals surface area contributed by atoms with Gasteiger partial charge in [-0.25, -0.2) is 0 Å². The van der Waals surface area contributed by atoms with Crippen molar-refractivity contribution in [1.82, 2.24) is 20.2 Å². The van der Waals surface area contributed by atoms with Gasteiger partial charge in [0.15, 0.2) is 0 Å². The monoisotopic (exact) mass is 431 g/mol. The third-order valence-electron chi connectivity index (χ3n) is 4.46. The molecule has 1 N–H and O–H groups in total. The van der Waals surface area contributed by atoms with Gasteiger partial charge in [-0.1, -0.05) is 54.2 Å². The smallest absolute Gasteiger partial charge is 0.255 e. The summed E-state index contributed by atoms with van der Waals surface area (Å²) >= 11 is 1.55. The van der Waals surface area contributed by atoms with Crippen LogP contribution in [0.4, 0.5) is 5.69 Å². The van der Waals surface area contributed by atoms with Crippen molar-refractivity contribution in [3.8, 4) is 11.4 Å². The van der Waals surface area contributed by atoms with Crippen LogP contribution in [0.25, 0.3) is 5.69 Å². The summed E-state index contributed by atoms with van der Waals surface area (Å²) in [5.41, 5.74) is 3.15. The summed E-state index contributed by atoms with van der Waals surface area (Å²) in [5.74, 6) is 1.19. The van der Waals surface area contributed by atoms with Crippen LogP contribution in [0.1, 0.15) is 22.8 Å². The SMILES string of the molecule is CCOc1ccccc1NC(=O)c1ccc(-n2nnnc2SCc2ccccc2)cc1. The number of tetrazole rings is 1. The van der Waals surface area contributed by atoms with E-state index in [-0.39, 0.29) is 5.91 Å². The van der Waals surface area contributed by atoms with Crippen LogP contribution in [0.5, 0.6) is 5.75 Å². The Bertz CT molecular complexity index is 1150. The first-order valence-corrected chi connectivity index (χ1v) is 10.8. The number of thioether (sulfide) groups is 1. The van der Waals surface area contributed by atoms with Crippen molar-refractivity contribution in [3.05, 3.63) is 90.0 Å². The van der Waals surface area contributed by atoms with Gasteiger partial charge < -0.3 is 10.1 Å². The van der Waals surface area contributed by atoms with E-state index >= 15 is 0 Å². The Hall–Kier alpha value is -3.65. The molecular weight excluding hydrogens is 410 g/mol. The lowest BCUT2D eigenvalue weighted by atomic mass is 10.2. The number of ether oxygens (including phenoxy) is 1. The minimum atomic E-state index is -0.214. The number of carbonyl (C=O) groups excluding carboxylic acids is 1. The third kappa shape index (κ3) is 5.10. The molecule has 156 valence electrons. The zero-order chi connectivity index (χ0) is 21.5. The Morgan fingerprint density at radius 3 is 2.52 bits per heavy atom.